The van der Waals surface area contributed by atoms with Crippen LogP contribution in [0, 0.1) is 6.92 Å². The minimum atomic E-state index is -0.146. The van der Waals surface area contributed by atoms with Crippen LogP contribution in [-0.4, -0.2) is 20.5 Å². The van der Waals surface area contributed by atoms with Gasteiger partial charge >= 0.3 is 98.8 Å². The van der Waals surface area contributed by atoms with Crippen LogP contribution < -0.4 is 10.2 Å². The molecular formula is C13H19NSe. The van der Waals surface area contributed by atoms with E-state index in [4.69, 9.17) is 5.73 Å². The monoisotopic (exact) mass is 269 g/mol. The van der Waals surface area contributed by atoms with Crippen LogP contribution in [0.25, 0.3) is 0 Å². The fourth-order valence-electron chi connectivity index (χ4n) is 1.00. The van der Waals surface area contributed by atoms with Gasteiger partial charge in [0.15, 0.2) is 0 Å². The molecule has 1 atom stereocenters. The molecule has 0 spiro atoms. The van der Waals surface area contributed by atoms with Gasteiger partial charge in [-0.05, 0) is 0 Å². The Labute approximate surface area is 98.9 Å². The van der Waals surface area contributed by atoms with Gasteiger partial charge in [-0.2, -0.15) is 0 Å². The molecule has 0 aliphatic carbocycles. The Morgan fingerprint density at radius 3 is 2.47 bits per heavy atom. The first-order valence-corrected chi connectivity index (χ1v) is 7.08. The molecule has 0 heterocycles. The average Bonchev–Trinajstić information content (AvgIpc) is 2.21. The Bertz CT molecular complexity index is 325. The van der Waals surface area contributed by atoms with E-state index in [2.05, 4.69) is 56.1 Å². The van der Waals surface area contributed by atoms with Gasteiger partial charge in [0.2, 0.25) is 0 Å². The molecule has 0 aliphatic heterocycles. The molecular weight excluding hydrogens is 249 g/mol. The Morgan fingerprint density at radius 2 is 1.93 bits per heavy atom. The van der Waals surface area contributed by atoms with Gasteiger partial charge in [-0.1, -0.05) is 0 Å². The predicted molar refractivity (Wildman–Crippen MR) is 68.6 cm³/mol. The minimum absolute atomic E-state index is 0.146. The first-order chi connectivity index (χ1) is 7.03. The van der Waals surface area contributed by atoms with Crippen LogP contribution in [0.1, 0.15) is 25.8 Å². The topological polar surface area (TPSA) is 26.0 Å². The molecule has 0 amide bonds. The maximum absolute atomic E-state index is 6.03. The zero-order valence-corrected chi connectivity index (χ0v) is 11.4. The van der Waals surface area contributed by atoms with Crippen molar-refractivity contribution in [3.63, 3.8) is 0 Å². The van der Waals surface area contributed by atoms with Crippen molar-refractivity contribution in [1.82, 2.24) is 0 Å². The van der Waals surface area contributed by atoms with Crippen LogP contribution in [0.4, 0.5) is 0 Å². The second-order valence-electron chi connectivity index (χ2n) is 4.09. The third-order valence-corrected chi connectivity index (χ3v) is 4.15. The molecule has 0 aromatic heterocycles. The van der Waals surface area contributed by atoms with Crippen molar-refractivity contribution in [2.75, 3.05) is 0 Å². The van der Waals surface area contributed by atoms with E-state index in [-0.39, 0.29) is 5.54 Å². The van der Waals surface area contributed by atoms with E-state index < -0.39 is 0 Å². The van der Waals surface area contributed by atoms with Gasteiger partial charge in [-0.3, -0.25) is 0 Å². The summed E-state index contributed by atoms with van der Waals surface area (Å²) in [7, 11) is 0. The second kappa shape index (κ2) is 5.50. The molecule has 0 bridgehead atoms. The molecule has 0 saturated heterocycles. The van der Waals surface area contributed by atoms with Gasteiger partial charge in [-0.25, -0.2) is 0 Å². The summed E-state index contributed by atoms with van der Waals surface area (Å²) in [5.74, 6) is 0. The third kappa shape index (κ3) is 4.65. The molecule has 0 fully saturated rings. The molecule has 0 radical (unpaired) electrons. The van der Waals surface area contributed by atoms with Crippen LogP contribution in [0.15, 0.2) is 35.3 Å². The van der Waals surface area contributed by atoms with Crippen molar-refractivity contribution < 1.29 is 0 Å². The van der Waals surface area contributed by atoms with Crippen molar-refractivity contribution in [3.05, 3.63) is 40.9 Å². The van der Waals surface area contributed by atoms with Crippen molar-refractivity contribution in [2.24, 2.45) is 5.73 Å². The van der Waals surface area contributed by atoms with E-state index in [1.165, 1.54) is 10.0 Å². The SMILES string of the molecule is CCC(C)(N)/C=C/[Se]c1ccc(C)cc1. The maximum atomic E-state index is 6.03. The summed E-state index contributed by atoms with van der Waals surface area (Å²) in [6, 6.07) is 8.71. The fourth-order valence-corrected chi connectivity index (χ4v) is 2.74. The number of benzene rings is 1. The number of nitrogens with two attached hydrogens (primary N) is 1. The van der Waals surface area contributed by atoms with Crippen LogP contribution in [0.3, 0.4) is 0 Å². The van der Waals surface area contributed by atoms with Gasteiger partial charge in [0.05, 0.1) is 0 Å². The standard InChI is InChI=1S/C13H19NSe/c1-4-13(3,14)9-10-15-12-7-5-11(2)6-8-12/h5-10H,4,14H2,1-3H3/b10-9+. The Morgan fingerprint density at radius 1 is 1.33 bits per heavy atom. The molecule has 1 unspecified atom stereocenters. The summed E-state index contributed by atoms with van der Waals surface area (Å²) >= 11 is 0.406. The van der Waals surface area contributed by atoms with Gasteiger partial charge < -0.3 is 0 Å². The van der Waals surface area contributed by atoms with E-state index in [0.29, 0.717) is 15.0 Å². The number of aryl methyl sites for hydroxylation is 1. The van der Waals surface area contributed by atoms with E-state index in [1.807, 2.05) is 0 Å². The average molecular weight is 268 g/mol. The van der Waals surface area contributed by atoms with Gasteiger partial charge in [0.1, 0.15) is 0 Å². The zero-order chi connectivity index (χ0) is 11.3. The quantitative estimate of drug-likeness (QED) is 0.830. The normalized spacial score (nSPS) is 15.5. The molecule has 0 aliphatic rings. The van der Waals surface area contributed by atoms with Crippen LogP contribution >= 0.6 is 0 Å². The van der Waals surface area contributed by atoms with E-state index in [9.17, 15) is 0 Å². The number of hydrogen-bond acceptors (Lipinski definition) is 1. The summed E-state index contributed by atoms with van der Waals surface area (Å²) in [6.07, 6.45) is 3.11. The van der Waals surface area contributed by atoms with Gasteiger partial charge in [0.25, 0.3) is 0 Å². The van der Waals surface area contributed by atoms with Gasteiger partial charge in [-0.15, -0.1) is 0 Å². The van der Waals surface area contributed by atoms with E-state index in [0.717, 1.165) is 6.42 Å². The summed E-state index contributed by atoms with van der Waals surface area (Å²) in [5, 5.41) is 0. The molecule has 1 aromatic carbocycles. The van der Waals surface area contributed by atoms with Crippen molar-refractivity contribution in [1.29, 1.82) is 0 Å². The third-order valence-electron chi connectivity index (χ3n) is 2.44. The first-order valence-electron chi connectivity index (χ1n) is 5.23. The van der Waals surface area contributed by atoms with Crippen molar-refractivity contribution in [3.8, 4) is 0 Å². The molecule has 1 nitrogen and oxygen atoms in total. The summed E-state index contributed by atoms with van der Waals surface area (Å²) in [5.41, 5.74) is 7.20. The molecule has 1 rings (SSSR count). The number of hydrogen-bond donors (Lipinski definition) is 1. The molecule has 2 heteroatoms. The number of rotatable bonds is 4. The Balaban J connectivity index is 2.54. The zero-order valence-electron chi connectivity index (χ0n) is 9.66. The second-order valence-corrected chi connectivity index (χ2v) is 6.15. The first kappa shape index (κ1) is 12.5. The van der Waals surface area contributed by atoms with E-state index in [1.54, 1.807) is 0 Å². The summed E-state index contributed by atoms with van der Waals surface area (Å²) < 4.78 is 1.40. The predicted octanol–water partition coefficient (Wildman–Crippen LogP) is 1.97. The molecule has 15 heavy (non-hydrogen) atoms. The summed E-state index contributed by atoms with van der Waals surface area (Å²) in [6.45, 7) is 6.29. The summed E-state index contributed by atoms with van der Waals surface area (Å²) in [4.78, 5) is 2.22. The molecule has 1 aromatic rings. The Kier molecular flexibility index (Phi) is 4.59. The van der Waals surface area contributed by atoms with Crippen LogP contribution in [0.2, 0.25) is 0 Å². The molecule has 0 saturated carbocycles. The van der Waals surface area contributed by atoms with Crippen LogP contribution in [-0.2, 0) is 0 Å². The molecule has 82 valence electrons. The van der Waals surface area contributed by atoms with Crippen LogP contribution in [0.5, 0.6) is 0 Å². The fraction of sp³-hybridized carbons (Fsp3) is 0.385. The van der Waals surface area contributed by atoms with E-state index >= 15 is 0 Å². The molecule has 2 N–H and O–H groups in total. The van der Waals surface area contributed by atoms with Crippen molar-refractivity contribution >= 4 is 19.4 Å². The Hall–Kier alpha value is -0.561. The van der Waals surface area contributed by atoms with Crippen molar-refractivity contribution in [2.45, 2.75) is 32.7 Å². The van der Waals surface area contributed by atoms with Gasteiger partial charge in [0, 0.05) is 0 Å².